The molecule has 1 heterocycles. The second-order valence-corrected chi connectivity index (χ2v) is 4.63. The van der Waals surface area contributed by atoms with Crippen LogP contribution in [0.25, 0.3) is 0 Å². The molecule has 2 rings (SSSR count). The Kier molecular flexibility index (Phi) is 3.57. The van der Waals surface area contributed by atoms with Crippen molar-refractivity contribution in [2.75, 3.05) is 18.4 Å². The summed E-state index contributed by atoms with van der Waals surface area (Å²) in [6.45, 7) is 1.71. The smallest absolute Gasteiger partial charge is 0.266 e. The minimum absolute atomic E-state index is 0.0942. The number of anilines is 1. The SMILES string of the molecule is O=c1[nH]cnc(NCCNC2CC2)c1I. The normalized spacial score (nSPS) is 15.3. The van der Waals surface area contributed by atoms with Crippen LogP contribution in [0.1, 0.15) is 12.8 Å². The molecule has 1 saturated carbocycles. The molecule has 1 aromatic heterocycles. The molecule has 1 aromatic rings. The lowest BCUT2D eigenvalue weighted by molar-refractivity contribution is 0.700. The number of H-pyrrole nitrogens is 1. The van der Waals surface area contributed by atoms with Crippen molar-refractivity contribution in [2.24, 2.45) is 0 Å². The highest BCUT2D eigenvalue weighted by molar-refractivity contribution is 14.1. The zero-order chi connectivity index (χ0) is 10.7. The van der Waals surface area contributed by atoms with Gasteiger partial charge in [0.2, 0.25) is 0 Å². The molecule has 3 N–H and O–H groups in total. The largest absolute Gasteiger partial charge is 0.368 e. The summed E-state index contributed by atoms with van der Waals surface area (Å²) in [5.41, 5.74) is -0.0942. The van der Waals surface area contributed by atoms with E-state index in [2.05, 4.69) is 20.6 Å². The summed E-state index contributed by atoms with van der Waals surface area (Å²) in [5.74, 6) is 0.664. The molecule has 1 fully saturated rings. The summed E-state index contributed by atoms with van der Waals surface area (Å²) in [6, 6.07) is 0.720. The van der Waals surface area contributed by atoms with Crippen molar-refractivity contribution in [3.8, 4) is 0 Å². The lowest BCUT2D eigenvalue weighted by atomic mass is 10.5. The summed E-state index contributed by atoms with van der Waals surface area (Å²) in [4.78, 5) is 17.8. The lowest BCUT2D eigenvalue weighted by Gasteiger charge is -2.06. The van der Waals surface area contributed by atoms with Crippen molar-refractivity contribution >= 4 is 28.4 Å². The molecule has 0 aromatic carbocycles. The minimum atomic E-state index is -0.0942. The molecule has 5 nitrogen and oxygen atoms in total. The van der Waals surface area contributed by atoms with E-state index in [-0.39, 0.29) is 5.56 Å². The van der Waals surface area contributed by atoms with Gasteiger partial charge in [0.1, 0.15) is 9.39 Å². The number of nitrogens with zero attached hydrogens (tertiary/aromatic N) is 1. The van der Waals surface area contributed by atoms with E-state index in [0.29, 0.717) is 9.39 Å². The van der Waals surface area contributed by atoms with Crippen molar-refractivity contribution in [3.05, 3.63) is 20.3 Å². The molecule has 0 aliphatic heterocycles. The first-order valence-corrected chi connectivity index (χ1v) is 6.05. The van der Waals surface area contributed by atoms with Crippen LogP contribution in [0.5, 0.6) is 0 Å². The van der Waals surface area contributed by atoms with Crippen LogP contribution < -0.4 is 16.2 Å². The Hall–Kier alpha value is -0.630. The highest BCUT2D eigenvalue weighted by Crippen LogP contribution is 2.18. The summed E-state index contributed by atoms with van der Waals surface area (Å²) < 4.78 is 0.613. The molecule has 0 radical (unpaired) electrons. The highest BCUT2D eigenvalue weighted by Gasteiger charge is 2.19. The van der Waals surface area contributed by atoms with E-state index in [1.807, 2.05) is 22.6 Å². The summed E-state index contributed by atoms with van der Waals surface area (Å²) in [6.07, 6.45) is 4.00. The fraction of sp³-hybridized carbons (Fsp3) is 0.556. The Bertz CT molecular complexity index is 388. The zero-order valence-electron chi connectivity index (χ0n) is 8.22. The van der Waals surface area contributed by atoms with Gasteiger partial charge in [-0.15, -0.1) is 0 Å². The number of nitrogens with one attached hydrogen (secondary N) is 3. The molecule has 82 valence electrons. The molecule has 0 bridgehead atoms. The van der Waals surface area contributed by atoms with Gasteiger partial charge < -0.3 is 15.6 Å². The maximum Gasteiger partial charge on any atom is 0.266 e. The molecule has 0 atom stereocenters. The van der Waals surface area contributed by atoms with Crippen molar-refractivity contribution in [2.45, 2.75) is 18.9 Å². The topological polar surface area (TPSA) is 69.8 Å². The number of rotatable bonds is 5. The number of halogens is 1. The monoisotopic (exact) mass is 320 g/mol. The molecule has 6 heteroatoms. The summed E-state index contributed by atoms with van der Waals surface area (Å²) in [7, 11) is 0. The first kappa shape index (κ1) is 10.9. The fourth-order valence-electron chi connectivity index (χ4n) is 1.25. The number of aromatic nitrogens is 2. The van der Waals surface area contributed by atoms with E-state index < -0.39 is 0 Å². The molecule has 1 aliphatic rings. The van der Waals surface area contributed by atoms with Crippen LogP contribution in [0.4, 0.5) is 5.82 Å². The third kappa shape index (κ3) is 3.16. The average Bonchev–Trinajstić information content (AvgIpc) is 3.02. The molecule has 0 unspecified atom stereocenters. The van der Waals surface area contributed by atoms with Gasteiger partial charge in [0.15, 0.2) is 0 Å². The first-order valence-electron chi connectivity index (χ1n) is 4.98. The maximum atomic E-state index is 11.2. The van der Waals surface area contributed by atoms with E-state index in [1.165, 1.54) is 19.2 Å². The van der Waals surface area contributed by atoms with Crippen LogP contribution in [-0.2, 0) is 0 Å². The zero-order valence-corrected chi connectivity index (χ0v) is 10.4. The standard InChI is InChI=1S/C9H13IN4O/c10-7-8(13-5-14-9(7)15)12-4-3-11-6-1-2-6/h5-6,11H,1-4H2,(H2,12,13,14,15). The van der Waals surface area contributed by atoms with E-state index in [9.17, 15) is 4.79 Å². The van der Waals surface area contributed by atoms with Crippen LogP contribution in [-0.4, -0.2) is 29.1 Å². The highest BCUT2D eigenvalue weighted by atomic mass is 127. The average molecular weight is 320 g/mol. The van der Waals surface area contributed by atoms with Crippen LogP contribution in [0.2, 0.25) is 0 Å². The van der Waals surface area contributed by atoms with Crippen LogP contribution in [0.15, 0.2) is 11.1 Å². The minimum Gasteiger partial charge on any atom is -0.368 e. The van der Waals surface area contributed by atoms with E-state index >= 15 is 0 Å². The number of hydrogen-bond donors (Lipinski definition) is 3. The number of hydrogen-bond acceptors (Lipinski definition) is 4. The van der Waals surface area contributed by atoms with Gasteiger partial charge >= 0.3 is 0 Å². The van der Waals surface area contributed by atoms with Gasteiger partial charge in [-0.3, -0.25) is 4.79 Å². The van der Waals surface area contributed by atoms with Crippen molar-refractivity contribution in [1.29, 1.82) is 0 Å². The van der Waals surface area contributed by atoms with Gasteiger partial charge in [0, 0.05) is 19.1 Å². The van der Waals surface area contributed by atoms with Gasteiger partial charge in [-0.1, -0.05) is 0 Å². The van der Waals surface area contributed by atoms with Gasteiger partial charge in [-0.25, -0.2) is 4.98 Å². The first-order chi connectivity index (χ1) is 7.27. The Morgan fingerprint density at radius 1 is 1.53 bits per heavy atom. The van der Waals surface area contributed by atoms with Gasteiger partial charge in [0.25, 0.3) is 5.56 Å². The summed E-state index contributed by atoms with van der Waals surface area (Å²) >= 11 is 1.99. The number of aromatic amines is 1. The molecule has 0 amide bonds. The van der Waals surface area contributed by atoms with Crippen LogP contribution >= 0.6 is 22.6 Å². The maximum absolute atomic E-state index is 11.2. The molecule has 15 heavy (non-hydrogen) atoms. The van der Waals surface area contributed by atoms with Crippen molar-refractivity contribution in [1.82, 2.24) is 15.3 Å². The Labute approximate surface area is 101 Å². The molecule has 0 saturated heterocycles. The van der Waals surface area contributed by atoms with Crippen LogP contribution in [0, 0.1) is 3.57 Å². The van der Waals surface area contributed by atoms with Crippen molar-refractivity contribution < 1.29 is 0 Å². The predicted octanol–water partition coefficient (Wildman–Crippen LogP) is 0.538. The quantitative estimate of drug-likeness (QED) is 0.547. The third-order valence-corrected chi connectivity index (χ3v) is 3.23. The van der Waals surface area contributed by atoms with Gasteiger partial charge in [0.05, 0.1) is 6.33 Å². The van der Waals surface area contributed by atoms with E-state index in [0.717, 1.165) is 19.1 Å². The summed E-state index contributed by atoms with van der Waals surface area (Å²) in [5, 5.41) is 6.52. The van der Waals surface area contributed by atoms with Crippen LogP contribution in [0.3, 0.4) is 0 Å². The third-order valence-electron chi connectivity index (χ3n) is 2.22. The Morgan fingerprint density at radius 2 is 2.33 bits per heavy atom. The molecular formula is C9H13IN4O. The van der Waals surface area contributed by atoms with Crippen molar-refractivity contribution in [3.63, 3.8) is 0 Å². The molecule has 1 aliphatic carbocycles. The Morgan fingerprint density at radius 3 is 3.07 bits per heavy atom. The second kappa shape index (κ2) is 4.93. The molecular weight excluding hydrogens is 307 g/mol. The fourth-order valence-corrected chi connectivity index (χ4v) is 1.74. The van der Waals surface area contributed by atoms with E-state index in [4.69, 9.17) is 0 Å². The lowest BCUT2D eigenvalue weighted by Crippen LogP contribution is -2.25. The molecule has 0 spiro atoms. The second-order valence-electron chi connectivity index (χ2n) is 3.55. The van der Waals surface area contributed by atoms with E-state index in [1.54, 1.807) is 0 Å². The van der Waals surface area contributed by atoms with Gasteiger partial charge in [-0.2, -0.15) is 0 Å². The predicted molar refractivity (Wildman–Crippen MR) is 67.1 cm³/mol. The van der Waals surface area contributed by atoms with Gasteiger partial charge in [-0.05, 0) is 35.4 Å². The Balaban J connectivity index is 1.81.